The van der Waals surface area contributed by atoms with Crippen molar-refractivity contribution in [1.29, 1.82) is 0 Å². The molecule has 8 heteroatoms. The molecular formula is C24H32N4O4. The van der Waals surface area contributed by atoms with E-state index in [2.05, 4.69) is 33.5 Å². The number of imide groups is 1. The van der Waals surface area contributed by atoms with Crippen LogP contribution in [0.3, 0.4) is 0 Å². The summed E-state index contributed by atoms with van der Waals surface area (Å²) in [5, 5.41) is 8.03. The van der Waals surface area contributed by atoms with Crippen molar-refractivity contribution in [2.75, 3.05) is 19.6 Å². The second kappa shape index (κ2) is 8.65. The smallest absolute Gasteiger partial charge is 0.320 e. The van der Waals surface area contributed by atoms with Gasteiger partial charge in [-0.25, -0.2) is 0 Å². The minimum atomic E-state index is -0.458. The number of carbonyl (C=O) groups excluding carboxylic acids is 3. The summed E-state index contributed by atoms with van der Waals surface area (Å²) in [6.07, 6.45) is 2.79. The van der Waals surface area contributed by atoms with E-state index >= 15 is 0 Å². The molecule has 8 nitrogen and oxygen atoms in total. The van der Waals surface area contributed by atoms with Crippen molar-refractivity contribution in [2.45, 2.75) is 63.9 Å². The molecule has 2 aliphatic heterocycles. The second-order valence-electron chi connectivity index (χ2n) is 9.93. The van der Waals surface area contributed by atoms with Gasteiger partial charge in [0.1, 0.15) is 5.60 Å². The fourth-order valence-corrected chi connectivity index (χ4v) is 4.75. The Kier molecular flexibility index (Phi) is 6.07. The lowest BCUT2D eigenvalue weighted by Gasteiger charge is -2.32. The van der Waals surface area contributed by atoms with Crippen molar-refractivity contribution in [3.05, 3.63) is 29.5 Å². The molecule has 1 atom stereocenters. The van der Waals surface area contributed by atoms with Gasteiger partial charge >= 0.3 is 5.97 Å². The van der Waals surface area contributed by atoms with E-state index in [1.165, 1.54) is 5.56 Å². The molecule has 1 N–H and O–H groups in total. The highest BCUT2D eigenvalue weighted by Crippen LogP contribution is 2.34. The van der Waals surface area contributed by atoms with Gasteiger partial charge in [0.2, 0.25) is 11.8 Å². The molecule has 0 aliphatic carbocycles. The van der Waals surface area contributed by atoms with E-state index in [1.54, 1.807) is 0 Å². The van der Waals surface area contributed by atoms with Crippen LogP contribution in [0.2, 0.25) is 0 Å². The molecule has 0 bridgehead atoms. The molecule has 2 aliphatic rings. The average molecular weight is 441 g/mol. The summed E-state index contributed by atoms with van der Waals surface area (Å²) >= 11 is 0. The molecule has 4 rings (SSSR count). The minimum Gasteiger partial charge on any atom is -0.459 e. The van der Waals surface area contributed by atoms with E-state index in [1.807, 2.05) is 32.5 Å². The average Bonchev–Trinajstić information content (AvgIpc) is 3.03. The van der Waals surface area contributed by atoms with Crippen LogP contribution in [0.25, 0.3) is 10.9 Å². The number of nitrogens with zero attached hydrogens (tertiary/aromatic N) is 3. The zero-order valence-corrected chi connectivity index (χ0v) is 19.3. The third-order valence-electron chi connectivity index (χ3n) is 6.31. The monoisotopic (exact) mass is 440 g/mol. The van der Waals surface area contributed by atoms with Gasteiger partial charge in [0.15, 0.2) is 0 Å². The highest BCUT2D eigenvalue weighted by atomic mass is 16.6. The topological polar surface area (TPSA) is 93.5 Å². The molecule has 3 heterocycles. The summed E-state index contributed by atoms with van der Waals surface area (Å²) in [7, 11) is 1.89. The third kappa shape index (κ3) is 4.85. The predicted octanol–water partition coefficient (Wildman–Crippen LogP) is 2.61. The van der Waals surface area contributed by atoms with Crippen LogP contribution in [0.4, 0.5) is 0 Å². The molecule has 1 unspecified atom stereocenters. The Labute approximate surface area is 188 Å². The van der Waals surface area contributed by atoms with Crippen molar-refractivity contribution in [3.63, 3.8) is 0 Å². The van der Waals surface area contributed by atoms with Crippen LogP contribution < -0.4 is 5.32 Å². The fraction of sp³-hybridized carbons (Fsp3) is 0.583. The van der Waals surface area contributed by atoms with Gasteiger partial charge in [0, 0.05) is 18.9 Å². The van der Waals surface area contributed by atoms with Crippen LogP contribution >= 0.6 is 0 Å². The number of carbonyl (C=O) groups is 3. The number of benzene rings is 1. The maximum Gasteiger partial charge on any atom is 0.320 e. The first kappa shape index (κ1) is 22.5. The maximum absolute atomic E-state index is 12.3. The number of amides is 2. The van der Waals surface area contributed by atoms with E-state index in [9.17, 15) is 14.4 Å². The molecule has 0 saturated carbocycles. The molecule has 1 aromatic heterocycles. The Bertz CT molecular complexity index is 1040. The number of fused-ring (bicyclic) bond motifs is 1. The normalized spacial score (nSPS) is 21.1. The van der Waals surface area contributed by atoms with Crippen molar-refractivity contribution in [3.8, 4) is 0 Å². The molecule has 1 aromatic carbocycles. The number of aryl methyl sites for hydroxylation is 1. The van der Waals surface area contributed by atoms with Crippen LogP contribution in [0.5, 0.6) is 0 Å². The van der Waals surface area contributed by atoms with E-state index < -0.39 is 11.5 Å². The second-order valence-corrected chi connectivity index (χ2v) is 9.93. The van der Waals surface area contributed by atoms with Crippen LogP contribution in [0, 0.1) is 0 Å². The Balaban J connectivity index is 1.44. The first-order valence-corrected chi connectivity index (χ1v) is 11.3. The van der Waals surface area contributed by atoms with Gasteiger partial charge in [0.05, 0.1) is 23.7 Å². The highest BCUT2D eigenvalue weighted by molar-refractivity contribution is 6.02. The van der Waals surface area contributed by atoms with E-state index in [0.717, 1.165) is 42.5 Å². The molecule has 2 fully saturated rings. The van der Waals surface area contributed by atoms with Crippen LogP contribution in [0.1, 0.15) is 69.5 Å². The summed E-state index contributed by atoms with van der Waals surface area (Å²) in [5.41, 5.74) is 2.54. The van der Waals surface area contributed by atoms with Gasteiger partial charge in [-0.3, -0.25) is 29.3 Å². The van der Waals surface area contributed by atoms with Crippen LogP contribution in [0.15, 0.2) is 18.2 Å². The summed E-state index contributed by atoms with van der Waals surface area (Å²) < 4.78 is 7.27. The molecule has 0 spiro atoms. The summed E-state index contributed by atoms with van der Waals surface area (Å²) in [6.45, 7) is 7.70. The molecule has 2 saturated heterocycles. The zero-order valence-electron chi connectivity index (χ0n) is 19.3. The third-order valence-corrected chi connectivity index (χ3v) is 6.31. The maximum atomic E-state index is 12.3. The largest absolute Gasteiger partial charge is 0.459 e. The van der Waals surface area contributed by atoms with E-state index in [-0.39, 0.29) is 17.8 Å². The lowest BCUT2D eigenvalue weighted by Crippen LogP contribution is -2.39. The lowest BCUT2D eigenvalue weighted by molar-refractivity contribution is -0.156. The first-order chi connectivity index (χ1) is 15.1. The van der Waals surface area contributed by atoms with E-state index in [0.29, 0.717) is 25.3 Å². The van der Waals surface area contributed by atoms with Crippen molar-refractivity contribution in [1.82, 2.24) is 20.0 Å². The number of likely N-dealkylation sites (tertiary alicyclic amines) is 1. The Hall–Kier alpha value is -2.74. The summed E-state index contributed by atoms with van der Waals surface area (Å²) in [6, 6.07) is 6.36. The highest BCUT2D eigenvalue weighted by Gasteiger charge is 2.32. The minimum absolute atomic E-state index is 0.173. The zero-order chi connectivity index (χ0) is 23.0. The number of esters is 1. The fourth-order valence-electron chi connectivity index (χ4n) is 4.75. The molecule has 32 heavy (non-hydrogen) atoms. The van der Waals surface area contributed by atoms with Gasteiger partial charge < -0.3 is 4.74 Å². The number of rotatable bonds is 4. The molecule has 172 valence electrons. The summed E-state index contributed by atoms with van der Waals surface area (Å²) in [4.78, 5) is 38.1. The molecule has 0 radical (unpaired) electrons. The SMILES string of the molecule is Cn1nc(C2CCC(=O)NC2=O)c2ccc(C3CCN(CC(=O)OC(C)(C)C)CC3)cc21. The van der Waals surface area contributed by atoms with Crippen molar-refractivity contribution in [2.24, 2.45) is 7.05 Å². The van der Waals surface area contributed by atoms with Crippen molar-refractivity contribution >= 4 is 28.7 Å². The van der Waals surface area contributed by atoms with Gasteiger partial charge in [-0.2, -0.15) is 5.10 Å². The number of ether oxygens (including phenoxy) is 1. The van der Waals surface area contributed by atoms with Crippen LogP contribution in [-0.4, -0.2) is 57.7 Å². The summed E-state index contributed by atoms with van der Waals surface area (Å²) in [5.74, 6) is -0.621. The number of hydrogen-bond acceptors (Lipinski definition) is 6. The Morgan fingerprint density at radius 3 is 2.56 bits per heavy atom. The molecular weight excluding hydrogens is 408 g/mol. The van der Waals surface area contributed by atoms with E-state index in [4.69, 9.17) is 4.74 Å². The number of aromatic nitrogens is 2. The predicted molar refractivity (Wildman–Crippen MR) is 120 cm³/mol. The van der Waals surface area contributed by atoms with Crippen molar-refractivity contribution < 1.29 is 19.1 Å². The number of nitrogens with one attached hydrogen (secondary N) is 1. The molecule has 2 amide bonds. The Morgan fingerprint density at radius 1 is 1.19 bits per heavy atom. The number of hydrogen-bond donors (Lipinski definition) is 1. The Morgan fingerprint density at radius 2 is 1.91 bits per heavy atom. The first-order valence-electron chi connectivity index (χ1n) is 11.3. The molecule has 2 aromatic rings. The van der Waals surface area contributed by atoms with Gasteiger partial charge in [0.25, 0.3) is 0 Å². The van der Waals surface area contributed by atoms with Crippen LogP contribution in [-0.2, 0) is 26.2 Å². The van der Waals surface area contributed by atoms with Gasteiger partial charge in [-0.1, -0.05) is 12.1 Å². The quantitative estimate of drug-likeness (QED) is 0.580. The lowest BCUT2D eigenvalue weighted by atomic mass is 9.88. The van der Waals surface area contributed by atoms with Gasteiger partial charge in [-0.05, 0) is 70.7 Å². The standard InChI is InChI=1S/C24H32N4O4/c1-24(2,3)32-21(30)14-28-11-9-15(10-12-28)16-5-6-17-19(13-16)27(4)26-22(17)18-7-8-20(29)25-23(18)31/h5-6,13,15,18H,7-12,14H2,1-4H3,(H,25,29,31). The number of piperidine rings is 2. The van der Waals surface area contributed by atoms with Gasteiger partial charge in [-0.15, -0.1) is 0 Å².